The van der Waals surface area contributed by atoms with E-state index in [1.807, 2.05) is 44.2 Å². The molecule has 3 nitrogen and oxygen atoms in total. The average Bonchev–Trinajstić information content (AvgIpc) is 2.93. The van der Waals surface area contributed by atoms with E-state index < -0.39 is 11.7 Å². The lowest BCUT2D eigenvalue weighted by Crippen LogP contribution is -2.10. The highest BCUT2D eigenvalue weighted by atomic mass is 19.4. The molecule has 0 saturated heterocycles. The van der Waals surface area contributed by atoms with E-state index in [0.29, 0.717) is 29.7 Å². The third-order valence-electron chi connectivity index (χ3n) is 6.93. The Morgan fingerprint density at radius 3 is 1.98 bits per heavy atom. The molecule has 0 atom stereocenters. The lowest BCUT2D eigenvalue weighted by molar-refractivity contribution is -0.137. The van der Waals surface area contributed by atoms with Crippen molar-refractivity contribution in [2.24, 2.45) is 0 Å². The molecule has 0 fully saturated rings. The van der Waals surface area contributed by atoms with Gasteiger partial charge in [-0.25, -0.2) is 4.39 Å². The lowest BCUT2D eigenvalue weighted by Gasteiger charge is -2.24. The Kier molecular flexibility index (Phi) is 9.28. The molecule has 4 rings (SSSR count). The summed E-state index contributed by atoms with van der Waals surface area (Å²) in [6.45, 7) is 4.38. The Morgan fingerprint density at radius 1 is 0.800 bits per heavy atom. The van der Waals surface area contributed by atoms with Crippen LogP contribution in [0.2, 0.25) is 0 Å². The summed E-state index contributed by atoms with van der Waals surface area (Å²) in [6, 6.07) is 20.7. The van der Waals surface area contributed by atoms with Gasteiger partial charge in [-0.3, -0.25) is 0 Å². The molecule has 0 aliphatic heterocycles. The number of hydrogen-bond acceptors (Lipinski definition) is 3. The molecule has 0 heterocycles. The number of halogens is 4. The van der Waals surface area contributed by atoms with E-state index in [1.165, 1.54) is 24.3 Å². The Balaban J connectivity index is 1.76. The Hall–Kier alpha value is -3.68. The average molecular weight is 553 g/mol. The van der Waals surface area contributed by atoms with Crippen LogP contribution in [0.4, 0.5) is 17.6 Å². The van der Waals surface area contributed by atoms with Crippen LogP contribution in [-0.4, -0.2) is 12.2 Å². The fourth-order valence-electron chi connectivity index (χ4n) is 4.85. The van der Waals surface area contributed by atoms with Crippen molar-refractivity contribution in [2.75, 3.05) is 7.11 Å². The zero-order valence-electron chi connectivity index (χ0n) is 22.7. The predicted octanol–water partition coefficient (Wildman–Crippen LogP) is 8.44. The summed E-state index contributed by atoms with van der Waals surface area (Å²) in [6.07, 6.45) is -4.07. The second-order valence-corrected chi connectivity index (χ2v) is 9.99. The fraction of sp³-hybridized carbons (Fsp3) is 0.273. The number of methoxy groups -OCH3 is 1. The maximum Gasteiger partial charge on any atom is 0.416 e. The SMILES string of the molecule is COc1ccc(COCc2cc(C(C)C)c(Cc3ccc(C(F)(F)F)cc3)c(-c3ccc(F)cc3)c2CO)cc1. The van der Waals surface area contributed by atoms with Gasteiger partial charge in [-0.15, -0.1) is 0 Å². The first-order valence-electron chi connectivity index (χ1n) is 13.0. The summed E-state index contributed by atoms with van der Waals surface area (Å²) >= 11 is 0. The highest BCUT2D eigenvalue weighted by Crippen LogP contribution is 2.38. The van der Waals surface area contributed by atoms with Gasteiger partial charge in [-0.05, 0) is 93.2 Å². The molecule has 0 unspecified atom stereocenters. The van der Waals surface area contributed by atoms with E-state index in [9.17, 15) is 22.7 Å². The van der Waals surface area contributed by atoms with Crippen LogP contribution in [0.3, 0.4) is 0 Å². The molecule has 40 heavy (non-hydrogen) atoms. The first-order valence-corrected chi connectivity index (χ1v) is 13.0. The van der Waals surface area contributed by atoms with E-state index in [4.69, 9.17) is 9.47 Å². The van der Waals surface area contributed by atoms with Crippen LogP contribution >= 0.6 is 0 Å². The van der Waals surface area contributed by atoms with Gasteiger partial charge in [-0.2, -0.15) is 13.2 Å². The Morgan fingerprint density at radius 2 is 1.43 bits per heavy atom. The number of rotatable bonds is 10. The van der Waals surface area contributed by atoms with Crippen molar-refractivity contribution in [3.63, 3.8) is 0 Å². The van der Waals surface area contributed by atoms with E-state index in [2.05, 4.69) is 0 Å². The quantitative estimate of drug-likeness (QED) is 0.201. The number of hydrogen-bond donors (Lipinski definition) is 1. The van der Waals surface area contributed by atoms with Gasteiger partial charge in [0, 0.05) is 0 Å². The first-order chi connectivity index (χ1) is 19.1. The van der Waals surface area contributed by atoms with Crippen molar-refractivity contribution in [2.45, 2.75) is 52.2 Å². The van der Waals surface area contributed by atoms with Gasteiger partial charge in [0.15, 0.2) is 0 Å². The molecular formula is C33H32F4O3. The molecule has 0 radical (unpaired) electrons. The van der Waals surface area contributed by atoms with Crippen LogP contribution in [0, 0.1) is 5.82 Å². The summed E-state index contributed by atoms with van der Waals surface area (Å²) in [5.74, 6) is 0.429. The van der Waals surface area contributed by atoms with E-state index in [0.717, 1.165) is 45.7 Å². The number of benzene rings is 4. The van der Waals surface area contributed by atoms with Crippen LogP contribution in [0.25, 0.3) is 11.1 Å². The van der Waals surface area contributed by atoms with E-state index in [-0.39, 0.29) is 24.9 Å². The van der Waals surface area contributed by atoms with Crippen molar-refractivity contribution in [1.82, 2.24) is 0 Å². The largest absolute Gasteiger partial charge is 0.497 e. The second kappa shape index (κ2) is 12.7. The van der Waals surface area contributed by atoms with Gasteiger partial charge >= 0.3 is 6.18 Å². The maximum absolute atomic E-state index is 13.9. The lowest BCUT2D eigenvalue weighted by atomic mass is 9.82. The summed E-state index contributed by atoms with van der Waals surface area (Å²) in [5, 5.41) is 10.6. The Bertz CT molecular complexity index is 1410. The third kappa shape index (κ3) is 6.90. The van der Waals surface area contributed by atoms with Gasteiger partial charge < -0.3 is 14.6 Å². The van der Waals surface area contributed by atoms with E-state index >= 15 is 0 Å². The molecule has 0 bridgehead atoms. The topological polar surface area (TPSA) is 38.7 Å². The molecule has 0 saturated carbocycles. The summed E-state index contributed by atoms with van der Waals surface area (Å²) in [7, 11) is 1.61. The number of ether oxygens (including phenoxy) is 2. The molecular weight excluding hydrogens is 520 g/mol. The van der Waals surface area contributed by atoms with Gasteiger partial charge in [-0.1, -0.05) is 56.3 Å². The van der Waals surface area contributed by atoms with Crippen molar-refractivity contribution in [3.8, 4) is 16.9 Å². The fourth-order valence-corrected chi connectivity index (χ4v) is 4.85. The minimum absolute atomic E-state index is 0.0664. The minimum atomic E-state index is -4.42. The highest BCUT2D eigenvalue weighted by molar-refractivity contribution is 5.75. The van der Waals surface area contributed by atoms with Gasteiger partial charge in [0.2, 0.25) is 0 Å². The summed E-state index contributed by atoms with van der Waals surface area (Å²) in [4.78, 5) is 0. The molecule has 4 aromatic carbocycles. The van der Waals surface area contributed by atoms with E-state index in [1.54, 1.807) is 19.2 Å². The Labute approximate surface area is 232 Å². The van der Waals surface area contributed by atoms with Crippen molar-refractivity contribution >= 4 is 0 Å². The normalized spacial score (nSPS) is 11.7. The molecule has 1 N–H and O–H groups in total. The predicted molar refractivity (Wildman–Crippen MR) is 148 cm³/mol. The standard InChI is InChI=1S/C33H32F4O3/c1-21(2)29-17-25(20-40-19-23-6-14-28(39-3)15-7-23)31(18-38)32(24-8-12-27(34)13-9-24)30(29)16-22-4-10-26(11-5-22)33(35,36)37/h4-15,17,21,38H,16,18-20H2,1-3H3. The smallest absolute Gasteiger partial charge is 0.416 e. The summed E-state index contributed by atoms with van der Waals surface area (Å²) < 4.78 is 64.6. The van der Waals surface area contributed by atoms with Gasteiger partial charge in [0.05, 0.1) is 32.5 Å². The minimum Gasteiger partial charge on any atom is -0.497 e. The molecule has 0 aromatic heterocycles. The molecule has 7 heteroatoms. The molecule has 0 amide bonds. The van der Waals surface area contributed by atoms with Crippen LogP contribution in [-0.2, 0) is 37.2 Å². The third-order valence-corrected chi connectivity index (χ3v) is 6.93. The second-order valence-electron chi connectivity index (χ2n) is 9.99. The highest BCUT2D eigenvalue weighted by Gasteiger charge is 2.30. The van der Waals surface area contributed by atoms with Crippen molar-refractivity contribution in [3.05, 3.63) is 124 Å². The number of aliphatic hydroxyl groups is 1. The molecule has 4 aromatic rings. The van der Waals surface area contributed by atoms with Gasteiger partial charge in [0.25, 0.3) is 0 Å². The summed E-state index contributed by atoms with van der Waals surface area (Å²) in [5.41, 5.74) is 5.73. The maximum atomic E-state index is 13.9. The van der Waals surface area contributed by atoms with Crippen LogP contribution < -0.4 is 4.74 Å². The molecule has 0 aliphatic rings. The van der Waals surface area contributed by atoms with Crippen LogP contribution in [0.1, 0.15) is 58.7 Å². The number of alkyl halides is 3. The molecule has 0 spiro atoms. The zero-order valence-corrected chi connectivity index (χ0v) is 22.7. The number of aliphatic hydroxyl groups excluding tert-OH is 1. The van der Waals surface area contributed by atoms with Crippen LogP contribution in [0.5, 0.6) is 5.75 Å². The zero-order chi connectivity index (χ0) is 28.9. The van der Waals surface area contributed by atoms with Crippen LogP contribution in [0.15, 0.2) is 78.9 Å². The first kappa shape index (κ1) is 29.3. The van der Waals surface area contributed by atoms with Crippen molar-refractivity contribution < 1.29 is 32.1 Å². The molecule has 210 valence electrons. The van der Waals surface area contributed by atoms with Gasteiger partial charge in [0.1, 0.15) is 11.6 Å². The van der Waals surface area contributed by atoms with Crippen molar-refractivity contribution in [1.29, 1.82) is 0 Å². The monoisotopic (exact) mass is 552 g/mol. The molecule has 0 aliphatic carbocycles.